The van der Waals surface area contributed by atoms with Crippen molar-refractivity contribution in [3.8, 4) is 0 Å². The Kier molecular flexibility index (Phi) is 6.27. The molecule has 1 saturated heterocycles. The predicted octanol–water partition coefficient (Wildman–Crippen LogP) is 1.55. The number of carbonyl (C=O) groups is 1. The first-order chi connectivity index (χ1) is 8.99. The summed E-state index contributed by atoms with van der Waals surface area (Å²) in [7, 11) is 4.11. The monoisotopic (exact) mass is 269 g/mol. The quantitative estimate of drug-likeness (QED) is 0.796. The molecule has 1 amide bonds. The Balaban J connectivity index is 2.56. The van der Waals surface area contributed by atoms with Gasteiger partial charge < -0.3 is 15.5 Å². The molecule has 1 fully saturated rings. The van der Waals surface area contributed by atoms with Crippen LogP contribution >= 0.6 is 0 Å². The lowest BCUT2D eigenvalue weighted by Gasteiger charge is -2.36. The van der Waals surface area contributed by atoms with E-state index in [1.165, 1.54) is 12.8 Å². The first-order valence-corrected chi connectivity index (χ1v) is 7.63. The van der Waals surface area contributed by atoms with Crippen molar-refractivity contribution < 1.29 is 4.79 Å². The summed E-state index contributed by atoms with van der Waals surface area (Å²) in [6.07, 6.45) is 4.05. The summed E-state index contributed by atoms with van der Waals surface area (Å²) in [5.74, 6) is 0.883. The van der Waals surface area contributed by atoms with Gasteiger partial charge in [-0.15, -0.1) is 0 Å². The van der Waals surface area contributed by atoms with Crippen molar-refractivity contribution >= 4 is 5.91 Å². The highest BCUT2D eigenvalue weighted by Crippen LogP contribution is 2.28. The lowest BCUT2D eigenvalue weighted by atomic mass is 9.80. The maximum absolute atomic E-state index is 12.6. The molecule has 0 aromatic heterocycles. The predicted molar refractivity (Wildman–Crippen MR) is 79.9 cm³/mol. The fourth-order valence-corrected chi connectivity index (χ4v) is 3.05. The van der Waals surface area contributed by atoms with E-state index in [-0.39, 0.29) is 11.3 Å². The van der Waals surface area contributed by atoms with Crippen LogP contribution in [0.25, 0.3) is 0 Å². The third-order valence-electron chi connectivity index (χ3n) is 4.91. The summed E-state index contributed by atoms with van der Waals surface area (Å²) in [5, 5.41) is 0. The molecule has 112 valence electrons. The summed E-state index contributed by atoms with van der Waals surface area (Å²) in [6.45, 7) is 7.77. The minimum Gasteiger partial charge on any atom is -0.345 e. The van der Waals surface area contributed by atoms with E-state index >= 15 is 0 Å². The van der Waals surface area contributed by atoms with E-state index in [9.17, 15) is 4.79 Å². The molecule has 1 heterocycles. The van der Waals surface area contributed by atoms with Gasteiger partial charge in [0.15, 0.2) is 0 Å². The number of amides is 1. The first kappa shape index (κ1) is 16.4. The Bertz CT molecular complexity index is 273. The first-order valence-electron chi connectivity index (χ1n) is 7.63. The molecule has 4 heteroatoms. The van der Waals surface area contributed by atoms with Gasteiger partial charge in [-0.05, 0) is 51.7 Å². The van der Waals surface area contributed by atoms with Crippen molar-refractivity contribution in [3.63, 3.8) is 0 Å². The van der Waals surface area contributed by atoms with Crippen molar-refractivity contribution in [2.24, 2.45) is 17.1 Å². The van der Waals surface area contributed by atoms with Crippen LogP contribution in [0, 0.1) is 11.3 Å². The summed E-state index contributed by atoms with van der Waals surface area (Å²) in [4.78, 5) is 16.9. The number of rotatable bonds is 6. The zero-order valence-electron chi connectivity index (χ0n) is 13.1. The Morgan fingerprint density at radius 3 is 2.26 bits per heavy atom. The van der Waals surface area contributed by atoms with Crippen LogP contribution in [-0.4, -0.2) is 56.0 Å². The van der Waals surface area contributed by atoms with Crippen molar-refractivity contribution in [1.29, 1.82) is 0 Å². The minimum absolute atomic E-state index is 0.235. The van der Waals surface area contributed by atoms with Crippen molar-refractivity contribution in [3.05, 3.63) is 0 Å². The molecule has 0 bridgehead atoms. The third-order valence-corrected chi connectivity index (χ3v) is 4.91. The SMILES string of the molecule is CCC(CC)(CN)C(=O)N(C)CC1CCN(C)CC1. The van der Waals surface area contributed by atoms with E-state index in [4.69, 9.17) is 5.73 Å². The van der Waals surface area contributed by atoms with E-state index < -0.39 is 0 Å². The van der Waals surface area contributed by atoms with Gasteiger partial charge >= 0.3 is 0 Å². The standard InChI is InChI=1S/C15H31N3O/c1-5-15(6-2,12-16)14(19)18(4)11-13-7-9-17(3)10-8-13/h13H,5-12,16H2,1-4H3. The van der Waals surface area contributed by atoms with Crippen LogP contribution in [0.5, 0.6) is 0 Å². The van der Waals surface area contributed by atoms with Crippen molar-refractivity contribution in [2.75, 3.05) is 40.3 Å². The maximum atomic E-state index is 12.6. The Hall–Kier alpha value is -0.610. The second-order valence-corrected chi connectivity index (χ2v) is 6.12. The number of piperidine rings is 1. The molecule has 19 heavy (non-hydrogen) atoms. The van der Waals surface area contributed by atoms with Crippen LogP contribution in [0.1, 0.15) is 39.5 Å². The van der Waals surface area contributed by atoms with Crippen LogP contribution in [0.2, 0.25) is 0 Å². The summed E-state index contributed by atoms with van der Waals surface area (Å²) >= 11 is 0. The highest BCUT2D eigenvalue weighted by molar-refractivity contribution is 5.82. The molecular weight excluding hydrogens is 238 g/mol. The van der Waals surface area contributed by atoms with Crippen LogP contribution in [-0.2, 0) is 4.79 Å². The number of likely N-dealkylation sites (tertiary alicyclic amines) is 1. The average molecular weight is 269 g/mol. The summed E-state index contributed by atoms with van der Waals surface area (Å²) in [5.41, 5.74) is 5.52. The van der Waals surface area contributed by atoms with Gasteiger partial charge in [-0.2, -0.15) is 0 Å². The molecule has 1 aliphatic rings. The second-order valence-electron chi connectivity index (χ2n) is 6.12. The van der Waals surface area contributed by atoms with E-state index in [1.54, 1.807) is 0 Å². The minimum atomic E-state index is -0.347. The van der Waals surface area contributed by atoms with Gasteiger partial charge in [0.25, 0.3) is 0 Å². The Morgan fingerprint density at radius 2 is 1.84 bits per heavy atom. The van der Waals surface area contributed by atoms with Gasteiger partial charge in [0.1, 0.15) is 0 Å². The van der Waals surface area contributed by atoms with E-state index in [1.807, 2.05) is 11.9 Å². The van der Waals surface area contributed by atoms with Crippen molar-refractivity contribution in [2.45, 2.75) is 39.5 Å². The van der Waals surface area contributed by atoms with Gasteiger partial charge in [0.05, 0.1) is 5.41 Å². The van der Waals surface area contributed by atoms with Gasteiger partial charge in [-0.1, -0.05) is 13.8 Å². The molecule has 0 aromatic rings. The van der Waals surface area contributed by atoms with Crippen LogP contribution in [0.15, 0.2) is 0 Å². The lowest BCUT2D eigenvalue weighted by molar-refractivity contribution is -0.141. The van der Waals surface area contributed by atoms with E-state index in [2.05, 4.69) is 25.8 Å². The number of nitrogens with two attached hydrogens (primary N) is 1. The number of carbonyl (C=O) groups excluding carboxylic acids is 1. The second kappa shape index (κ2) is 7.25. The third kappa shape index (κ3) is 3.93. The summed E-state index contributed by atoms with van der Waals surface area (Å²) in [6, 6.07) is 0. The Labute approximate surface area is 118 Å². The van der Waals surface area contributed by atoms with Crippen molar-refractivity contribution in [1.82, 2.24) is 9.80 Å². The Morgan fingerprint density at radius 1 is 1.32 bits per heavy atom. The van der Waals surface area contributed by atoms with Crippen LogP contribution in [0.3, 0.4) is 0 Å². The molecule has 0 aliphatic carbocycles. The highest BCUT2D eigenvalue weighted by atomic mass is 16.2. The van der Waals surface area contributed by atoms with Gasteiger partial charge in [-0.3, -0.25) is 4.79 Å². The van der Waals surface area contributed by atoms with E-state index in [0.717, 1.165) is 32.5 Å². The fourth-order valence-electron chi connectivity index (χ4n) is 3.05. The van der Waals surface area contributed by atoms with Gasteiger partial charge in [0, 0.05) is 20.1 Å². The van der Waals surface area contributed by atoms with Crippen LogP contribution in [0.4, 0.5) is 0 Å². The highest BCUT2D eigenvalue weighted by Gasteiger charge is 2.36. The molecule has 0 radical (unpaired) electrons. The molecule has 0 saturated carbocycles. The van der Waals surface area contributed by atoms with Gasteiger partial charge in [0.2, 0.25) is 5.91 Å². The molecule has 1 rings (SSSR count). The number of hydrogen-bond donors (Lipinski definition) is 1. The average Bonchev–Trinajstić information content (AvgIpc) is 2.43. The molecule has 0 atom stereocenters. The smallest absolute Gasteiger partial charge is 0.229 e. The molecule has 4 nitrogen and oxygen atoms in total. The zero-order chi connectivity index (χ0) is 14.5. The van der Waals surface area contributed by atoms with Crippen LogP contribution < -0.4 is 5.73 Å². The number of nitrogens with zero attached hydrogens (tertiary/aromatic N) is 2. The molecule has 0 unspecified atom stereocenters. The number of hydrogen-bond acceptors (Lipinski definition) is 3. The van der Waals surface area contributed by atoms with E-state index in [0.29, 0.717) is 12.5 Å². The molecule has 1 aliphatic heterocycles. The van der Waals surface area contributed by atoms with Gasteiger partial charge in [-0.25, -0.2) is 0 Å². The normalized spacial score (nSPS) is 18.6. The largest absolute Gasteiger partial charge is 0.345 e. The summed E-state index contributed by atoms with van der Waals surface area (Å²) < 4.78 is 0. The fraction of sp³-hybridized carbons (Fsp3) is 0.933. The lowest BCUT2D eigenvalue weighted by Crippen LogP contribution is -2.48. The topological polar surface area (TPSA) is 49.6 Å². The molecular formula is C15H31N3O. The molecule has 2 N–H and O–H groups in total. The molecule has 0 spiro atoms. The zero-order valence-corrected chi connectivity index (χ0v) is 13.1. The molecule has 0 aromatic carbocycles. The maximum Gasteiger partial charge on any atom is 0.229 e.